The number of pyridine rings is 1. The van der Waals surface area contributed by atoms with Crippen LogP contribution in [0.3, 0.4) is 0 Å². The zero-order chi connectivity index (χ0) is 13.8. The molecule has 2 rings (SSSR count). The van der Waals surface area contributed by atoms with Crippen LogP contribution in [0.25, 0.3) is 0 Å². The van der Waals surface area contributed by atoms with E-state index < -0.39 is 0 Å². The van der Waals surface area contributed by atoms with Gasteiger partial charge < -0.3 is 11.1 Å². The summed E-state index contributed by atoms with van der Waals surface area (Å²) in [5.74, 6) is -0.343. The van der Waals surface area contributed by atoms with Crippen LogP contribution in [0.5, 0.6) is 0 Å². The fraction of sp³-hybridized carbons (Fsp3) is 0.333. The predicted molar refractivity (Wildman–Crippen MR) is 67.9 cm³/mol. The minimum Gasteiger partial charge on any atom is -0.384 e. The number of rotatable bonds is 4. The third-order valence-corrected chi connectivity index (χ3v) is 2.79. The van der Waals surface area contributed by atoms with Crippen LogP contribution in [-0.2, 0) is 14.4 Å². The number of likely N-dealkylation sites (tertiary alicyclic amines) is 1. The molecule has 2 heterocycles. The Kier molecular flexibility index (Phi) is 3.74. The first kappa shape index (κ1) is 13.0. The number of carbonyl (C=O) groups excluding carboxylic acids is 3. The first-order valence-corrected chi connectivity index (χ1v) is 5.91. The fourth-order valence-electron chi connectivity index (χ4n) is 1.79. The molecule has 1 fully saturated rings. The van der Waals surface area contributed by atoms with Crippen molar-refractivity contribution in [3.05, 3.63) is 18.3 Å². The van der Waals surface area contributed by atoms with Gasteiger partial charge in [0.15, 0.2) is 0 Å². The molecule has 19 heavy (non-hydrogen) atoms. The van der Waals surface area contributed by atoms with Crippen molar-refractivity contribution < 1.29 is 14.4 Å². The van der Waals surface area contributed by atoms with E-state index >= 15 is 0 Å². The third-order valence-electron chi connectivity index (χ3n) is 2.79. The molecule has 7 nitrogen and oxygen atoms in total. The number of imide groups is 1. The Bertz CT molecular complexity index is 496. The normalized spacial score (nSPS) is 14.8. The largest absolute Gasteiger partial charge is 0.384 e. The average molecular weight is 262 g/mol. The Balaban J connectivity index is 1.83. The number of nitrogen functional groups attached to an aromatic ring is 1. The van der Waals surface area contributed by atoms with Crippen LogP contribution in [-0.4, -0.2) is 34.2 Å². The summed E-state index contributed by atoms with van der Waals surface area (Å²) in [4.78, 5) is 39.3. The second kappa shape index (κ2) is 5.47. The lowest BCUT2D eigenvalue weighted by molar-refractivity contribution is -0.138. The molecule has 0 unspecified atom stereocenters. The molecule has 0 aliphatic carbocycles. The molecule has 1 aromatic rings. The van der Waals surface area contributed by atoms with Crippen LogP contribution in [0.2, 0.25) is 0 Å². The number of carbonyl (C=O) groups is 3. The number of nitrogens with zero attached hydrogens (tertiary/aromatic N) is 2. The van der Waals surface area contributed by atoms with Crippen LogP contribution in [0.1, 0.15) is 19.3 Å². The molecule has 1 saturated heterocycles. The van der Waals surface area contributed by atoms with Crippen LogP contribution < -0.4 is 11.1 Å². The van der Waals surface area contributed by atoms with E-state index in [1.165, 1.54) is 6.20 Å². The van der Waals surface area contributed by atoms with Gasteiger partial charge in [0.05, 0.1) is 11.9 Å². The highest BCUT2D eigenvalue weighted by atomic mass is 16.2. The number of amides is 3. The Labute approximate surface area is 109 Å². The summed E-state index contributed by atoms with van der Waals surface area (Å²) in [6, 6.07) is 3.20. The maximum absolute atomic E-state index is 11.6. The van der Waals surface area contributed by atoms with Gasteiger partial charge in [-0.25, -0.2) is 4.98 Å². The molecule has 1 aliphatic rings. The highest BCUT2D eigenvalue weighted by Crippen LogP contribution is 2.12. The predicted octanol–water partition coefficient (Wildman–Crippen LogP) is 0.141. The summed E-state index contributed by atoms with van der Waals surface area (Å²) in [6.45, 7) is 0.117. The maximum atomic E-state index is 11.6. The average Bonchev–Trinajstić information content (AvgIpc) is 2.70. The lowest BCUT2D eigenvalue weighted by atomic mass is 10.3. The molecule has 3 amide bonds. The highest BCUT2D eigenvalue weighted by Gasteiger charge is 2.28. The van der Waals surface area contributed by atoms with E-state index in [1.807, 2.05) is 0 Å². The molecule has 0 atom stereocenters. The zero-order valence-corrected chi connectivity index (χ0v) is 10.3. The molecule has 100 valence electrons. The van der Waals surface area contributed by atoms with Gasteiger partial charge in [-0.1, -0.05) is 0 Å². The van der Waals surface area contributed by atoms with Gasteiger partial charge in [-0.3, -0.25) is 19.3 Å². The molecule has 0 radical (unpaired) electrons. The number of nitrogens with two attached hydrogens (primary N) is 1. The molecular weight excluding hydrogens is 248 g/mol. The summed E-state index contributed by atoms with van der Waals surface area (Å²) < 4.78 is 0. The molecule has 7 heteroatoms. The van der Waals surface area contributed by atoms with Crippen molar-refractivity contribution in [2.24, 2.45) is 0 Å². The number of nitrogens with one attached hydrogen (secondary N) is 1. The summed E-state index contributed by atoms with van der Waals surface area (Å²) in [5.41, 5.74) is 5.95. The third kappa shape index (κ3) is 3.27. The van der Waals surface area contributed by atoms with E-state index in [0.717, 1.165) is 4.90 Å². The van der Waals surface area contributed by atoms with Crippen molar-refractivity contribution in [2.75, 3.05) is 17.6 Å². The molecule has 0 saturated carbocycles. The van der Waals surface area contributed by atoms with Crippen molar-refractivity contribution in [1.82, 2.24) is 9.88 Å². The Hall–Kier alpha value is -2.44. The zero-order valence-electron chi connectivity index (χ0n) is 10.3. The van der Waals surface area contributed by atoms with Crippen LogP contribution in [0, 0.1) is 0 Å². The summed E-state index contributed by atoms with van der Waals surface area (Å²) in [5, 5.41) is 2.62. The lowest BCUT2D eigenvalue weighted by Crippen LogP contribution is -2.32. The summed E-state index contributed by atoms with van der Waals surface area (Å²) in [7, 11) is 0. The van der Waals surface area contributed by atoms with Gasteiger partial charge in [0, 0.05) is 25.8 Å². The second-order valence-electron chi connectivity index (χ2n) is 4.21. The first-order valence-electron chi connectivity index (χ1n) is 5.91. The van der Waals surface area contributed by atoms with Gasteiger partial charge in [0.2, 0.25) is 17.7 Å². The van der Waals surface area contributed by atoms with Gasteiger partial charge in [-0.05, 0) is 12.1 Å². The second-order valence-corrected chi connectivity index (χ2v) is 4.21. The van der Waals surface area contributed by atoms with Crippen molar-refractivity contribution in [3.8, 4) is 0 Å². The molecule has 1 aliphatic heterocycles. The topological polar surface area (TPSA) is 105 Å². The Morgan fingerprint density at radius 2 is 2.00 bits per heavy atom. The first-order chi connectivity index (χ1) is 9.06. The van der Waals surface area contributed by atoms with Gasteiger partial charge in [0.1, 0.15) is 5.82 Å². The fourth-order valence-corrected chi connectivity index (χ4v) is 1.79. The van der Waals surface area contributed by atoms with Gasteiger partial charge in [0.25, 0.3) is 0 Å². The van der Waals surface area contributed by atoms with Crippen LogP contribution in [0.15, 0.2) is 18.3 Å². The summed E-state index contributed by atoms with van der Waals surface area (Å²) >= 11 is 0. The quantitative estimate of drug-likeness (QED) is 0.751. The van der Waals surface area contributed by atoms with Crippen molar-refractivity contribution >= 4 is 29.2 Å². The SMILES string of the molecule is Nc1ccc(NC(=O)CCN2C(=O)CCC2=O)cn1. The molecule has 0 aromatic carbocycles. The molecular formula is C12H14N4O3. The summed E-state index contributed by atoms with van der Waals surface area (Å²) in [6.07, 6.45) is 1.99. The molecule has 3 N–H and O–H groups in total. The van der Waals surface area contributed by atoms with Gasteiger partial charge >= 0.3 is 0 Å². The maximum Gasteiger partial charge on any atom is 0.229 e. The smallest absolute Gasteiger partial charge is 0.229 e. The van der Waals surface area contributed by atoms with E-state index in [2.05, 4.69) is 10.3 Å². The van der Waals surface area contributed by atoms with Crippen LogP contribution >= 0.6 is 0 Å². The number of hydrogen-bond acceptors (Lipinski definition) is 5. The van der Waals surface area contributed by atoms with Gasteiger partial charge in [-0.2, -0.15) is 0 Å². The number of hydrogen-bond donors (Lipinski definition) is 2. The van der Waals surface area contributed by atoms with Crippen molar-refractivity contribution in [3.63, 3.8) is 0 Å². The van der Waals surface area contributed by atoms with E-state index in [4.69, 9.17) is 5.73 Å². The van der Waals surface area contributed by atoms with Crippen molar-refractivity contribution in [1.29, 1.82) is 0 Å². The Morgan fingerprint density at radius 1 is 1.32 bits per heavy atom. The van der Waals surface area contributed by atoms with E-state index in [0.29, 0.717) is 11.5 Å². The van der Waals surface area contributed by atoms with E-state index in [1.54, 1.807) is 12.1 Å². The number of anilines is 2. The minimum absolute atomic E-state index is 0.0713. The van der Waals surface area contributed by atoms with Crippen molar-refractivity contribution in [2.45, 2.75) is 19.3 Å². The standard InChI is InChI=1S/C12H14N4O3/c13-9-2-1-8(7-14-9)15-10(17)5-6-16-11(18)3-4-12(16)19/h1-2,7H,3-6H2,(H2,13,14)(H,15,17). The highest BCUT2D eigenvalue weighted by molar-refractivity contribution is 6.02. The molecule has 0 spiro atoms. The number of aromatic nitrogens is 1. The van der Waals surface area contributed by atoms with Gasteiger partial charge in [-0.15, -0.1) is 0 Å². The monoisotopic (exact) mass is 262 g/mol. The lowest BCUT2D eigenvalue weighted by Gasteiger charge is -2.13. The van der Waals surface area contributed by atoms with E-state index in [9.17, 15) is 14.4 Å². The Morgan fingerprint density at radius 3 is 2.58 bits per heavy atom. The van der Waals surface area contributed by atoms with E-state index in [-0.39, 0.29) is 43.5 Å². The molecule has 0 bridgehead atoms. The molecule has 1 aromatic heterocycles. The minimum atomic E-state index is -0.279. The van der Waals surface area contributed by atoms with Crippen LogP contribution in [0.4, 0.5) is 11.5 Å².